The fourth-order valence-electron chi connectivity index (χ4n) is 3.84. The van der Waals surface area contributed by atoms with Crippen molar-refractivity contribution < 1.29 is 9.59 Å². The number of rotatable bonds is 3. The lowest BCUT2D eigenvalue weighted by Gasteiger charge is -2.30. The number of hydrogen-bond acceptors (Lipinski definition) is 2. The molecule has 0 bridgehead atoms. The first-order valence-electron chi connectivity index (χ1n) is 8.83. The number of carbonyl (C=O) groups is 2. The number of nitrogens with one attached hydrogen (secondary N) is 1. The predicted octanol–water partition coefficient (Wildman–Crippen LogP) is 3.70. The summed E-state index contributed by atoms with van der Waals surface area (Å²) < 4.78 is 0. The van der Waals surface area contributed by atoms with Crippen LogP contribution in [0.15, 0.2) is 18.2 Å². The minimum Gasteiger partial charge on any atom is -0.353 e. The van der Waals surface area contributed by atoms with Crippen molar-refractivity contribution in [3.63, 3.8) is 0 Å². The lowest BCUT2D eigenvalue weighted by molar-refractivity contribution is -0.127. The van der Waals surface area contributed by atoms with E-state index in [1.165, 1.54) is 19.3 Å². The van der Waals surface area contributed by atoms with Gasteiger partial charge in [-0.05, 0) is 43.4 Å². The zero-order valence-corrected chi connectivity index (χ0v) is 15.1. The Bertz CT molecular complexity index is 646. The molecule has 1 saturated carbocycles. The summed E-state index contributed by atoms with van der Waals surface area (Å²) >= 11 is 6.17. The highest BCUT2D eigenvalue weighted by atomic mass is 35.5. The summed E-state index contributed by atoms with van der Waals surface area (Å²) in [6, 6.07) is 5.80. The Kier molecular flexibility index (Phi) is 5.14. The minimum atomic E-state index is -0.273. The van der Waals surface area contributed by atoms with Crippen molar-refractivity contribution in [3.8, 4) is 0 Å². The van der Waals surface area contributed by atoms with E-state index in [2.05, 4.69) is 12.2 Å². The van der Waals surface area contributed by atoms with Crippen molar-refractivity contribution in [2.45, 2.75) is 52.0 Å². The molecule has 0 radical (unpaired) electrons. The Hall–Kier alpha value is -1.55. The molecule has 1 aliphatic heterocycles. The van der Waals surface area contributed by atoms with Crippen LogP contribution in [0, 0.1) is 18.8 Å². The summed E-state index contributed by atoms with van der Waals surface area (Å²) in [5.74, 6) is 0.262. The van der Waals surface area contributed by atoms with E-state index in [4.69, 9.17) is 11.6 Å². The Morgan fingerprint density at radius 3 is 2.79 bits per heavy atom. The average molecular weight is 349 g/mol. The van der Waals surface area contributed by atoms with Crippen LogP contribution in [-0.2, 0) is 9.59 Å². The maximum atomic E-state index is 12.6. The van der Waals surface area contributed by atoms with E-state index in [1.807, 2.05) is 25.1 Å². The van der Waals surface area contributed by atoms with Crippen LogP contribution in [0.1, 0.15) is 44.6 Å². The minimum absolute atomic E-state index is 0.00258. The fourth-order valence-corrected chi connectivity index (χ4v) is 4.01. The third kappa shape index (κ3) is 3.44. The molecular weight excluding hydrogens is 324 g/mol. The SMILES string of the molecule is Cc1c(Cl)cccc1N1C[C@H](C(=O)N[C@H]2CCCC[C@H]2C)CC1=O. The molecule has 0 aromatic heterocycles. The van der Waals surface area contributed by atoms with Gasteiger partial charge in [0.2, 0.25) is 11.8 Å². The molecule has 1 N–H and O–H groups in total. The summed E-state index contributed by atoms with van der Waals surface area (Å²) in [5.41, 5.74) is 1.70. The molecule has 2 aliphatic rings. The normalized spacial score (nSPS) is 27.4. The van der Waals surface area contributed by atoms with Gasteiger partial charge in [0, 0.05) is 29.7 Å². The topological polar surface area (TPSA) is 49.4 Å². The number of halogens is 1. The zero-order valence-electron chi connectivity index (χ0n) is 14.3. The van der Waals surface area contributed by atoms with Crippen molar-refractivity contribution >= 4 is 29.1 Å². The first kappa shape index (κ1) is 17.3. The van der Waals surface area contributed by atoms with Crippen molar-refractivity contribution in [3.05, 3.63) is 28.8 Å². The number of nitrogens with zero attached hydrogens (tertiary/aromatic N) is 1. The average Bonchev–Trinajstić information content (AvgIpc) is 2.94. The molecule has 3 rings (SSSR count). The summed E-state index contributed by atoms with van der Waals surface area (Å²) in [6.07, 6.45) is 4.91. The van der Waals surface area contributed by atoms with Crippen LogP contribution in [-0.4, -0.2) is 24.4 Å². The maximum Gasteiger partial charge on any atom is 0.227 e. The second-order valence-electron chi connectivity index (χ2n) is 7.17. The standard InChI is InChI=1S/C19H25ClN2O2/c1-12-6-3-4-8-16(12)21-19(24)14-10-18(23)22(11-14)17-9-5-7-15(20)13(17)2/h5,7,9,12,14,16H,3-4,6,8,10-11H2,1-2H3,(H,21,24)/t12-,14-,16+/m1/s1. The van der Waals surface area contributed by atoms with Gasteiger partial charge in [-0.15, -0.1) is 0 Å². The molecule has 130 valence electrons. The van der Waals surface area contributed by atoms with E-state index in [0.29, 0.717) is 17.5 Å². The smallest absolute Gasteiger partial charge is 0.227 e. The highest BCUT2D eigenvalue weighted by Crippen LogP contribution is 2.32. The highest BCUT2D eigenvalue weighted by Gasteiger charge is 2.37. The van der Waals surface area contributed by atoms with Crippen molar-refractivity contribution in [2.24, 2.45) is 11.8 Å². The fraction of sp³-hybridized carbons (Fsp3) is 0.579. The van der Waals surface area contributed by atoms with Crippen LogP contribution in [0.3, 0.4) is 0 Å². The number of anilines is 1. The van der Waals surface area contributed by atoms with E-state index in [-0.39, 0.29) is 30.2 Å². The number of hydrogen-bond donors (Lipinski definition) is 1. The summed E-state index contributed by atoms with van der Waals surface area (Å²) in [4.78, 5) is 26.7. The van der Waals surface area contributed by atoms with Gasteiger partial charge in [-0.3, -0.25) is 9.59 Å². The number of carbonyl (C=O) groups excluding carboxylic acids is 2. The first-order valence-corrected chi connectivity index (χ1v) is 9.21. The van der Waals surface area contributed by atoms with Crippen LogP contribution in [0.2, 0.25) is 5.02 Å². The summed E-state index contributed by atoms with van der Waals surface area (Å²) in [5, 5.41) is 3.83. The van der Waals surface area contributed by atoms with E-state index < -0.39 is 0 Å². The van der Waals surface area contributed by atoms with E-state index in [1.54, 1.807) is 4.90 Å². The van der Waals surface area contributed by atoms with Crippen LogP contribution in [0.5, 0.6) is 0 Å². The Morgan fingerprint density at radius 1 is 1.29 bits per heavy atom. The number of benzene rings is 1. The maximum absolute atomic E-state index is 12.6. The van der Waals surface area contributed by atoms with Gasteiger partial charge < -0.3 is 10.2 Å². The third-order valence-corrected chi connectivity index (χ3v) is 5.87. The first-order chi connectivity index (χ1) is 11.5. The lowest BCUT2D eigenvalue weighted by Crippen LogP contribution is -2.44. The molecule has 24 heavy (non-hydrogen) atoms. The molecule has 5 heteroatoms. The van der Waals surface area contributed by atoms with Crippen LogP contribution >= 0.6 is 11.6 Å². The molecule has 1 aliphatic carbocycles. The van der Waals surface area contributed by atoms with Gasteiger partial charge >= 0.3 is 0 Å². The predicted molar refractivity (Wildman–Crippen MR) is 96.2 cm³/mol. The lowest BCUT2D eigenvalue weighted by atomic mass is 9.85. The van der Waals surface area contributed by atoms with Gasteiger partial charge in [-0.25, -0.2) is 0 Å². The summed E-state index contributed by atoms with van der Waals surface area (Å²) in [7, 11) is 0. The monoisotopic (exact) mass is 348 g/mol. The van der Waals surface area contributed by atoms with Gasteiger partial charge in [-0.1, -0.05) is 37.4 Å². The Morgan fingerprint density at radius 2 is 2.04 bits per heavy atom. The van der Waals surface area contributed by atoms with Gasteiger partial charge in [0.05, 0.1) is 5.92 Å². The molecule has 1 saturated heterocycles. The molecule has 1 aromatic rings. The number of amides is 2. The molecule has 1 heterocycles. The van der Waals surface area contributed by atoms with Crippen LogP contribution in [0.25, 0.3) is 0 Å². The molecule has 2 amide bonds. The largest absolute Gasteiger partial charge is 0.353 e. The molecule has 3 atom stereocenters. The van der Waals surface area contributed by atoms with Crippen molar-refractivity contribution in [2.75, 3.05) is 11.4 Å². The van der Waals surface area contributed by atoms with Crippen molar-refractivity contribution in [1.82, 2.24) is 5.32 Å². The summed E-state index contributed by atoms with van der Waals surface area (Å²) in [6.45, 7) is 4.54. The second kappa shape index (κ2) is 7.14. The Labute approximate surface area is 148 Å². The second-order valence-corrected chi connectivity index (χ2v) is 7.57. The Balaban J connectivity index is 1.68. The molecular formula is C19H25ClN2O2. The molecule has 0 spiro atoms. The molecule has 2 fully saturated rings. The highest BCUT2D eigenvalue weighted by molar-refractivity contribution is 6.31. The molecule has 4 nitrogen and oxygen atoms in total. The zero-order chi connectivity index (χ0) is 17.3. The van der Waals surface area contributed by atoms with Gasteiger partial charge in [0.25, 0.3) is 0 Å². The third-order valence-electron chi connectivity index (χ3n) is 5.46. The van der Waals surface area contributed by atoms with E-state index >= 15 is 0 Å². The van der Waals surface area contributed by atoms with E-state index in [0.717, 1.165) is 17.7 Å². The quantitative estimate of drug-likeness (QED) is 0.905. The van der Waals surface area contributed by atoms with Crippen molar-refractivity contribution in [1.29, 1.82) is 0 Å². The molecule has 0 unspecified atom stereocenters. The van der Waals surface area contributed by atoms with Gasteiger partial charge in [0.15, 0.2) is 0 Å². The van der Waals surface area contributed by atoms with E-state index in [9.17, 15) is 9.59 Å². The van der Waals surface area contributed by atoms with Gasteiger partial charge in [-0.2, -0.15) is 0 Å². The van der Waals surface area contributed by atoms with Crippen LogP contribution < -0.4 is 10.2 Å². The molecule has 1 aromatic carbocycles. The van der Waals surface area contributed by atoms with Gasteiger partial charge in [0.1, 0.15) is 0 Å². The van der Waals surface area contributed by atoms with Crippen LogP contribution in [0.4, 0.5) is 5.69 Å².